The Morgan fingerprint density at radius 1 is 1.07 bits per heavy atom. The summed E-state index contributed by atoms with van der Waals surface area (Å²) in [6, 6.07) is 7.55. The molecule has 3 heteroatoms. The minimum atomic E-state index is -1.14. The van der Waals surface area contributed by atoms with E-state index in [2.05, 4.69) is 22.6 Å². The van der Waals surface area contributed by atoms with Gasteiger partial charge in [0.2, 0.25) is 0 Å². The van der Waals surface area contributed by atoms with Crippen LogP contribution in [0.5, 0.6) is 0 Å². The lowest BCUT2D eigenvalue weighted by Crippen LogP contribution is -2.22. The summed E-state index contributed by atoms with van der Waals surface area (Å²) in [5.74, 6) is -0.0924. The average molecular weight is 312 g/mol. The molecule has 1 aliphatic carbocycles. The molecule has 0 unspecified atom stereocenters. The van der Waals surface area contributed by atoms with E-state index in [9.17, 15) is 9.90 Å². The summed E-state index contributed by atoms with van der Waals surface area (Å²) < 4.78 is 1.11. The van der Waals surface area contributed by atoms with Crippen LogP contribution in [0, 0.1) is 3.57 Å². The third-order valence-corrected chi connectivity index (χ3v) is 3.03. The van der Waals surface area contributed by atoms with Crippen molar-refractivity contribution in [2.75, 3.05) is 0 Å². The molecule has 1 aliphatic rings. The molecule has 0 aliphatic heterocycles. The number of hydrogen-bond acceptors (Lipinski definition) is 2. The second kappa shape index (κ2) is 3.90. The van der Waals surface area contributed by atoms with Gasteiger partial charge in [-0.15, -0.1) is 0 Å². The molecule has 0 amide bonds. The van der Waals surface area contributed by atoms with Crippen LogP contribution in [0.25, 0.3) is 0 Å². The van der Waals surface area contributed by atoms with Gasteiger partial charge in [0.05, 0.1) is 0 Å². The maximum atomic E-state index is 11.0. The van der Waals surface area contributed by atoms with E-state index in [1.807, 2.05) is 24.3 Å². The summed E-state index contributed by atoms with van der Waals surface area (Å²) in [6.07, 6.45) is 5.80. The molecule has 0 aromatic heterocycles. The second-order valence-corrected chi connectivity index (χ2v) is 4.65. The van der Waals surface area contributed by atoms with Gasteiger partial charge < -0.3 is 5.11 Å². The van der Waals surface area contributed by atoms with Gasteiger partial charge in [-0.2, -0.15) is 0 Å². The lowest BCUT2D eigenvalue weighted by molar-refractivity contribution is -0.110. The van der Waals surface area contributed by atoms with Gasteiger partial charge >= 0.3 is 0 Å². The molecule has 1 N–H and O–H groups in total. The van der Waals surface area contributed by atoms with Crippen molar-refractivity contribution in [3.8, 4) is 0 Å². The van der Waals surface area contributed by atoms with Gasteiger partial charge in [0.1, 0.15) is 5.60 Å². The van der Waals surface area contributed by atoms with Crippen LogP contribution in [-0.4, -0.2) is 10.9 Å². The Bertz CT molecular complexity index is 427. The summed E-state index contributed by atoms with van der Waals surface area (Å²) in [6.45, 7) is 0. The van der Waals surface area contributed by atoms with Crippen LogP contribution in [0.2, 0.25) is 0 Å². The molecule has 0 atom stereocenters. The van der Waals surface area contributed by atoms with Crippen LogP contribution in [0.15, 0.2) is 48.6 Å². The molecule has 2 nitrogen and oxygen atoms in total. The largest absolute Gasteiger partial charge is 0.377 e. The topological polar surface area (TPSA) is 37.3 Å². The van der Waals surface area contributed by atoms with E-state index < -0.39 is 5.60 Å². The number of allylic oxidation sites excluding steroid dienone is 2. The van der Waals surface area contributed by atoms with Crippen molar-refractivity contribution in [3.63, 3.8) is 0 Å². The van der Waals surface area contributed by atoms with Crippen molar-refractivity contribution < 1.29 is 9.90 Å². The first-order valence-electron chi connectivity index (χ1n) is 4.51. The van der Waals surface area contributed by atoms with Crippen molar-refractivity contribution in [1.29, 1.82) is 0 Å². The first-order chi connectivity index (χ1) is 7.10. The number of hydrogen-bond donors (Lipinski definition) is 1. The van der Waals surface area contributed by atoms with E-state index in [4.69, 9.17) is 0 Å². The van der Waals surface area contributed by atoms with Crippen molar-refractivity contribution in [2.24, 2.45) is 0 Å². The van der Waals surface area contributed by atoms with E-state index in [1.54, 1.807) is 0 Å². The van der Waals surface area contributed by atoms with E-state index in [-0.39, 0.29) is 5.78 Å². The zero-order chi connectivity index (χ0) is 10.9. The molecular formula is C12H9IO2. The highest BCUT2D eigenvalue weighted by Gasteiger charge is 2.25. The van der Waals surface area contributed by atoms with Crippen LogP contribution < -0.4 is 0 Å². The standard InChI is InChI=1S/C12H9IO2/c13-10-3-1-9(2-4-10)12(15)7-5-11(14)6-8-12/h1-8,15H. The van der Waals surface area contributed by atoms with Crippen LogP contribution in [0.4, 0.5) is 0 Å². The quantitative estimate of drug-likeness (QED) is 0.807. The van der Waals surface area contributed by atoms with E-state index in [1.165, 1.54) is 24.3 Å². The van der Waals surface area contributed by atoms with E-state index in [0.29, 0.717) is 0 Å². The van der Waals surface area contributed by atoms with Crippen LogP contribution in [-0.2, 0) is 10.4 Å². The molecule has 15 heavy (non-hydrogen) atoms. The van der Waals surface area contributed by atoms with Gasteiger partial charge in [-0.3, -0.25) is 4.79 Å². The fourth-order valence-electron chi connectivity index (χ4n) is 1.44. The predicted molar refractivity (Wildman–Crippen MR) is 66.3 cm³/mol. The zero-order valence-electron chi connectivity index (χ0n) is 7.85. The van der Waals surface area contributed by atoms with Crippen molar-refractivity contribution >= 4 is 28.4 Å². The Morgan fingerprint density at radius 2 is 1.60 bits per heavy atom. The first kappa shape index (κ1) is 10.6. The minimum absolute atomic E-state index is 0.0924. The summed E-state index contributed by atoms with van der Waals surface area (Å²) in [4.78, 5) is 11.0. The van der Waals surface area contributed by atoms with Gasteiger partial charge in [0.15, 0.2) is 5.78 Å². The third kappa shape index (κ3) is 2.18. The molecule has 0 heterocycles. The molecule has 76 valence electrons. The Labute approximate surface area is 101 Å². The number of benzene rings is 1. The number of rotatable bonds is 1. The average Bonchev–Trinajstić information content (AvgIpc) is 2.24. The molecular weight excluding hydrogens is 303 g/mol. The van der Waals surface area contributed by atoms with Crippen molar-refractivity contribution in [3.05, 3.63) is 57.7 Å². The highest BCUT2D eigenvalue weighted by molar-refractivity contribution is 14.1. The van der Waals surface area contributed by atoms with Gasteiger partial charge in [0, 0.05) is 3.57 Å². The Hall–Kier alpha value is -0.940. The number of carbonyl (C=O) groups excluding carboxylic acids is 1. The monoisotopic (exact) mass is 312 g/mol. The van der Waals surface area contributed by atoms with Crippen LogP contribution in [0.3, 0.4) is 0 Å². The van der Waals surface area contributed by atoms with E-state index >= 15 is 0 Å². The van der Waals surface area contributed by atoms with Gasteiger partial charge in [0.25, 0.3) is 0 Å². The lowest BCUT2D eigenvalue weighted by atomic mass is 9.90. The number of aliphatic hydroxyl groups is 1. The maximum Gasteiger partial charge on any atom is 0.178 e. The Balaban J connectivity index is 2.38. The Morgan fingerprint density at radius 3 is 2.13 bits per heavy atom. The molecule has 0 fully saturated rings. The van der Waals surface area contributed by atoms with E-state index in [0.717, 1.165) is 9.13 Å². The normalized spacial score (nSPS) is 18.1. The maximum absolute atomic E-state index is 11.0. The Kier molecular flexibility index (Phi) is 2.75. The fourth-order valence-corrected chi connectivity index (χ4v) is 1.80. The third-order valence-electron chi connectivity index (χ3n) is 2.31. The summed E-state index contributed by atoms with van der Waals surface area (Å²) in [5.41, 5.74) is -0.374. The molecule has 0 spiro atoms. The number of halogens is 1. The first-order valence-corrected chi connectivity index (χ1v) is 5.59. The molecule has 0 radical (unpaired) electrons. The lowest BCUT2D eigenvalue weighted by Gasteiger charge is -2.22. The highest BCUT2D eigenvalue weighted by atomic mass is 127. The molecule has 0 saturated carbocycles. The summed E-state index contributed by atoms with van der Waals surface area (Å²) in [5, 5.41) is 10.2. The van der Waals surface area contributed by atoms with Crippen LogP contribution >= 0.6 is 22.6 Å². The molecule has 0 saturated heterocycles. The van der Waals surface area contributed by atoms with Gasteiger partial charge in [-0.25, -0.2) is 0 Å². The SMILES string of the molecule is O=C1C=CC(O)(c2ccc(I)cc2)C=C1. The van der Waals surface area contributed by atoms with Gasteiger partial charge in [-0.05, 0) is 64.6 Å². The minimum Gasteiger partial charge on any atom is -0.377 e. The predicted octanol–water partition coefficient (Wildman–Crippen LogP) is 2.17. The number of ketones is 1. The molecule has 0 bridgehead atoms. The van der Waals surface area contributed by atoms with Crippen LogP contribution in [0.1, 0.15) is 5.56 Å². The molecule has 1 aromatic carbocycles. The molecule has 1 aromatic rings. The summed E-state index contributed by atoms with van der Waals surface area (Å²) >= 11 is 2.20. The number of carbonyl (C=O) groups is 1. The van der Waals surface area contributed by atoms with Gasteiger partial charge in [-0.1, -0.05) is 12.1 Å². The second-order valence-electron chi connectivity index (χ2n) is 3.40. The van der Waals surface area contributed by atoms with Crippen molar-refractivity contribution in [1.82, 2.24) is 0 Å². The highest BCUT2D eigenvalue weighted by Crippen LogP contribution is 2.27. The zero-order valence-corrected chi connectivity index (χ0v) is 10.0. The van der Waals surface area contributed by atoms with Crippen molar-refractivity contribution in [2.45, 2.75) is 5.60 Å². The fraction of sp³-hybridized carbons (Fsp3) is 0.0833. The smallest absolute Gasteiger partial charge is 0.178 e. The summed E-state index contributed by atoms with van der Waals surface area (Å²) in [7, 11) is 0. The molecule has 2 rings (SSSR count).